The Labute approximate surface area is 106 Å². The minimum Gasteiger partial charge on any atom is -0.442 e. The topological polar surface area (TPSA) is 64.6 Å². The van der Waals surface area contributed by atoms with Crippen molar-refractivity contribution in [2.45, 2.75) is 39.2 Å². The fraction of sp³-hybridized carbons (Fsp3) is 0.818. The Kier molecular flexibility index (Phi) is 5.11. The summed E-state index contributed by atoms with van der Waals surface area (Å²) in [6.07, 6.45) is 0.870. The Bertz CT molecular complexity index is 282. The van der Waals surface area contributed by atoms with Gasteiger partial charge in [0.2, 0.25) is 0 Å². The highest BCUT2D eigenvalue weighted by Gasteiger charge is 2.24. The molecule has 0 unspecified atom stereocenters. The number of hydrogen-bond donors (Lipinski definition) is 1. The van der Waals surface area contributed by atoms with Crippen LogP contribution in [0.1, 0.15) is 33.6 Å². The summed E-state index contributed by atoms with van der Waals surface area (Å²) < 4.78 is 4.94. The van der Waals surface area contributed by atoms with E-state index in [0.717, 1.165) is 24.3 Å². The van der Waals surface area contributed by atoms with Crippen LogP contribution in [0.3, 0.4) is 0 Å². The number of carbonyl (C=O) groups is 2. The van der Waals surface area contributed by atoms with Crippen molar-refractivity contribution >= 4 is 23.8 Å². The monoisotopic (exact) mass is 261 g/mol. The molecule has 0 atom stereocenters. The summed E-state index contributed by atoms with van der Waals surface area (Å²) in [7, 11) is 0. The second kappa shape index (κ2) is 6.14. The largest absolute Gasteiger partial charge is 0.442 e. The average molecular weight is 261 g/mol. The third kappa shape index (κ3) is 5.81. The van der Waals surface area contributed by atoms with Crippen LogP contribution >= 0.6 is 11.8 Å². The van der Waals surface area contributed by atoms with Gasteiger partial charge in [-0.15, -0.1) is 5.48 Å². The third-order valence-electron chi connectivity index (χ3n) is 2.19. The number of thioether (sulfide) groups is 1. The first-order valence-electron chi connectivity index (χ1n) is 5.66. The molecule has 1 amide bonds. The summed E-state index contributed by atoms with van der Waals surface area (Å²) in [6.45, 7) is 5.23. The van der Waals surface area contributed by atoms with Gasteiger partial charge in [-0.3, -0.25) is 0 Å². The van der Waals surface area contributed by atoms with Crippen LogP contribution in [0.5, 0.6) is 0 Å². The van der Waals surface area contributed by atoms with Crippen LogP contribution in [0.2, 0.25) is 0 Å². The smallest absolute Gasteiger partial charge is 0.441 e. The lowest BCUT2D eigenvalue weighted by Gasteiger charge is -2.21. The molecule has 0 aromatic heterocycles. The molecular formula is C11H19NO4S. The lowest BCUT2D eigenvalue weighted by Crippen LogP contribution is -2.36. The molecule has 1 N–H and O–H groups in total. The zero-order valence-corrected chi connectivity index (χ0v) is 11.3. The van der Waals surface area contributed by atoms with Crippen LogP contribution in [-0.2, 0) is 14.4 Å². The summed E-state index contributed by atoms with van der Waals surface area (Å²) in [6, 6.07) is 0. The number of hydrogen-bond acceptors (Lipinski definition) is 5. The fourth-order valence-corrected chi connectivity index (χ4v) is 2.51. The zero-order chi connectivity index (χ0) is 12.9. The Balaban J connectivity index is 2.25. The molecule has 1 rings (SSSR count). The van der Waals surface area contributed by atoms with E-state index in [4.69, 9.17) is 9.57 Å². The molecule has 0 radical (unpaired) electrons. The molecule has 1 fully saturated rings. The first-order valence-corrected chi connectivity index (χ1v) is 6.81. The van der Waals surface area contributed by atoms with Gasteiger partial charge in [-0.25, -0.2) is 9.59 Å². The quantitative estimate of drug-likeness (QED) is 0.732. The first kappa shape index (κ1) is 14.2. The Morgan fingerprint density at radius 1 is 1.24 bits per heavy atom. The molecule has 6 heteroatoms. The number of hydroxylamine groups is 1. The van der Waals surface area contributed by atoms with Gasteiger partial charge in [0.25, 0.3) is 0 Å². The summed E-state index contributed by atoms with van der Waals surface area (Å²) in [5, 5.41) is 0. The Morgan fingerprint density at radius 3 is 2.35 bits per heavy atom. The van der Waals surface area contributed by atoms with E-state index >= 15 is 0 Å². The second-order valence-electron chi connectivity index (χ2n) is 4.91. The van der Waals surface area contributed by atoms with Crippen molar-refractivity contribution < 1.29 is 19.2 Å². The summed E-state index contributed by atoms with van der Waals surface area (Å²) in [4.78, 5) is 27.5. The van der Waals surface area contributed by atoms with Crippen molar-refractivity contribution in [2.24, 2.45) is 5.92 Å². The van der Waals surface area contributed by atoms with Gasteiger partial charge in [-0.1, -0.05) is 0 Å². The summed E-state index contributed by atoms with van der Waals surface area (Å²) >= 11 is 1.83. The lowest BCUT2D eigenvalue weighted by molar-refractivity contribution is -0.155. The van der Waals surface area contributed by atoms with Gasteiger partial charge >= 0.3 is 12.1 Å². The first-order chi connectivity index (χ1) is 7.88. The molecule has 0 bridgehead atoms. The summed E-state index contributed by atoms with van der Waals surface area (Å²) in [5.41, 5.74) is 1.42. The van der Waals surface area contributed by atoms with Gasteiger partial charge in [-0.05, 0) is 45.1 Å². The normalized spacial score (nSPS) is 17.4. The maximum absolute atomic E-state index is 11.6. The minimum atomic E-state index is -0.740. The van der Waals surface area contributed by atoms with Crippen molar-refractivity contribution in [2.75, 3.05) is 11.5 Å². The molecule has 0 aliphatic carbocycles. The second-order valence-corrected chi connectivity index (χ2v) is 6.14. The van der Waals surface area contributed by atoms with E-state index in [2.05, 4.69) is 0 Å². The number of carbonyl (C=O) groups excluding carboxylic acids is 2. The predicted molar refractivity (Wildman–Crippen MR) is 65.5 cm³/mol. The van der Waals surface area contributed by atoms with Crippen LogP contribution < -0.4 is 5.48 Å². The molecule has 17 heavy (non-hydrogen) atoms. The number of rotatable bonds is 1. The van der Waals surface area contributed by atoms with Crippen molar-refractivity contribution in [1.82, 2.24) is 5.48 Å². The molecule has 98 valence electrons. The average Bonchev–Trinajstić information content (AvgIpc) is 2.25. The molecule has 0 aromatic rings. The fourth-order valence-electron chi connectivity index (χ4n) is 1.41. The summed E-state index contributed by atoms with van der Waals surface area (Å²) in [5.74, 6) is 1.45. The molecular weight excluding hydrogens is 242 g/mol. The lowest BCUT2D eigenvalue weighted by atomic mass is 10.0. The van der Waals surface area contributed by atoms with E-state index in [1.807, 2.05) is 17.2 Å². The molecule has 1 heterocycles. The van der Waals surface area contributed by atoms with Crippen LogP contribution in [0.15, 0.2) is 0 Å². The molecule has 0 saturated carbocycles. The van der Waals surface area contributed by atoms with Crippen LogP contribution in [-0.4, -0.2) is 29.2 Å². The van der Waals surface area contributed by atoms with Gasteiger partial charge in [0.05, 0.1) is 5.92 Å². The molecule has 1 aliphatic heterocycles. The zero-order valence-electron chi connectivity index (χ0n) is 10.4. The van der Waals surface area contributed by atoms with E-state index in [1.165, 1.54) is 0 Å². The van der Waals surface area contributed by atoms with E-state index in [-0.39, 0.29) is 11.9 Å². The highest BCUT2D eigenvalue weighted by atomic mass is 32.2. The predicted octanol–water partition coefficient (Wildman–Crippen LogP) is 2.11. The van der Waals surface area contributed by atoms with Crippen LogP contribution in [0.25, 0.3) is 0 Å². The Morgan fingerprint density at radius 2 is 1.82 bits per heavy atom. The van der Waals surface area contributed by atoms with E-state index in [1.54, 1.807) is 20.8 Å². The maximum Gasteiger partial charge on any atom is 0.441 e. The van der Waals surface area contributed by atoms with Gasteiger partial charge in [0.1, 0.15) is 5.60 Å². The maximum atomic E-state index is 11.6. The molecule has 0 spiro atoms. The van der Waals surface area contributed by atoms with Crippen LogP contribution in [0.4, 0.5) is 4.79 Å². The minimum absolute atomic E-state index is 0.105. The highest BCUT2D eigenvalue weighted by molar-refractivity contribution is 7.99. The highest BCUT2D eigenvalue weighted by Crippen LogP contribution is 2.23. The molecule has 1 saturated heterocycles. The molecule has 1 aliphatic rings. The van der Waals surface area contributed by atoms with Gasteiger partial charge in [0.15, 0.2) is 0 Å². The third-order valence-corrected chi connectivity index (χ3v) is 3.24. The van der Waals surface area contributed by atoms with Crippen molar-refractivity contribution in [3.05, 3.63) is 0 Å². The number of ether oxygens (including phenoxy) is 1. The number of nitrogens with one attached hydrogen (secondary N) is 1. The standard InChI is InChI=1S/C11H19NO4S/c1-11(2,3)15-10(14)12-16-9(13)8-4-6-17-7-5-8/h8H,4-7H2,1-3H3,(H,12,14). The Hall–Kier alpha value is -0.910. The van der Waals surface area contributed by atoms with E-state index in [0.29, 0.717) is 0 Å². The van der Waals surface area contributed by atoms with Gasteiger partial charge in [0, 0.05) is 0 Å². The molecule has 5 nitrogen and oxygen atoms in total. The van der Waals surface area contributed by atoms with Crippen LogP contribution in [0, 0.1) is 5.92 Å². The van der Waals surface area contributed by atoms with Crippen molar-refractivity contribution in [1.29, 1.82) is 0 Å². The number of amides is 1. The van der Waals surface area contributed by atoms with Gasteiger partial charge in [-0.2, -0.15) is 11.8 Å². The van der Waals surface area contributed by atoms with E-state index in [9.17, 15) is 9.59 Å². The SMILES string of the molecule is CC(C)(C)OC(=O)NOC(=O)C1CCSCC1. The van der Waals surface area contributed by atoms with Crippen molar-refractivity contribution in [3.8, 4) is 0 Å². The van der Waals surface area contributed by atoms with Gasteiger partial charge < -0.3 is 9.57 Å². The van der Waals surface area contributed by atoms with Crippen molar-refractivity contribution in [3.63, 3.8) is 0 Å². The van der Waals surface area contributed by atoms with E-state index < -0.39 is 11.7 Å². The molecule has 0 aromatic carbocycles.